The van der Waals surface area contributed by atoms with Crippen molar-refractivity contribution in [1.82, 2.24) is 0 Å². The molecule has 0 aromatic heterocycles. The summed E-state index contributed by atoms with van der Waals surface area (Å²) in [6, 6.07) is 11.2. The molecule has 0 spiro atoms. The van der Waals surface area contributed by atoms with Gasteiger partial charge >= 0.3 is 0 Å². The van der Waals surface area contributed by atoms with E-state index in [1.54, 1.807) is 5.57 Å². The molecule has 0 heteroatoms. The Morgan fingerprint density at radius 3 is 2.80 bits per heavy atom. The van der Waals surface area contributed by atoms with Gasteiger partial charge in [0.05, 0.1) is 0 Å². The van der Waals surface area contributed by atoms with Gasteiger partial charge in [0.2, 0.25) is 0 Å². The van der Waals surface area contributed by atoms with Crippen LogP contribution in [0.4, 0.5) is 0 Å². The Kier molecular flexibility index (Phi) is 2.47. The van der Waals surface area contributed by atoms with Crippen molar-refractivity contribution in [3.05, 3.63) is 71.3 Å². The lowest BCUT2D eigenvalue weighted by Gasteiger charge is -2.13. The van der Waals surface area contributed by atoms with Crippen LogP contribution in [0.15, 0.2) is 54.6 Å². The fraction of sp³-hybridized carbons (Fsp3) is 0.200. The lowest BCUT2D eigenvalue weighted by molar-refractivity contribution is 0.921. The molecule has 0 heterocycles. The first-order valence-electron chi connectivity index (χ1n) is 7.39. The molecule has 0 saturated heterocycles. The lowest BCUT2D eigenvalue weighted by atomic mass is 9.90. The zero-order valence-electron chi connectivity index (χ0n) is 11.9. The molecular formula is C20H18. The van der Waals surface area contributed by atoms with Crippen LogP contribution in [0.25, 0.3) is 21.9 Å². The van der Waals surface area contributed by atoms with Crippen LogP contribution in [0, 0.1) is 6.92 Å². The molecule has 20 heavy (non-hydrogen) atoms. The molecule has 0 aliphatic heterocycles. The molecule has 0 nitrogen and oxygen atoms in total. The molecule has 98 valence electrons. The topological polar surface area (TPSA) is 0 Å². The minimum atomic E-state index is 1.20. The summed E-state index contributed by atoms with van der Waals surface area (Å²) in [5, 5.41) is 2.80. The molecule has 2 aromatic carbocycles. The van der Waals surface area contributed by atoms with Crippen molar-refractivity contribution in [3.8, 4) is 0 Å². The van der Waals surface area contributed by atoms with Gasteiger partial charge in [-0.3, -0.25) is 0 Å². The summed E-state index contributed by atoms with van der Waals surface area (Å²) in [6.07, 6.45) is 8.07. The summed E-state index contributed by atoms with van der Waals surface area (Å²) in [5.41, 5.74) is 8.48. The summed E-state index contributed by atoms with van der Waals surface area (Å²) in [5.74, 6) is 0. The fourth-order valence-electron chi connectivity index (χ4n) is 3.71. The number of rotatable bonds is 1. The monoisotopic (exact) mass is 258 g/mol. The van der Waals surface area contributed by atoms with E-state index in [-0.39, 0.29) is 0 Å². The Morgan fingerprint density at radius 1 is 1.05 bits per heavy atom. The third kappa shape index (κ3) is 1.48. The maximum atomic E-state index is 4.03. The molecule has 0 fully saturated rings. The molecule has 0 bridgehead atoms. The smallest absolute Gasteiger partial charge is 0.00273 e. The van der Waals surface area contributed by atoms with Crippen molar-refractivity contribution in [2.75, 3.05) is 0 Å². The summed E-state index contributed by atoms with van der Waals surface area (Å²) >= 11 is 0. The van der Waals surface area contributed by atoms with Gasteiger partial charge < -0.3 is 0 Å². The average molecular weight is 258 g/mol. The second-order valence-corrected chi connectivity index (χ2v) is 5.82. The number of hydrogen-bond donors (Lipinski definition) is 0. The van der Waals surface area contributed by atoms with E-state index in [1.165, 1.54) is 57.9 Å². The molecule has 2 aromatic rings. The molecule has 0 atom stereocenters. The van der Waals surface area contributed by atoms with Crippen LogP contribution in [0.2, 0.25) is 0 Å². The highest BCUT2D eigenvalue weighted by Gasteiger charge is 2.22. The molecule has 0 N–H and O–H groups in total. The molecule has 0 saturated carbocycles. The van der Waals surface area contributed by atoms with Crippen LogP contribution in [-0.4, -0.2) is 0 Å². The molecule has 2 aliphatic carbocycles. The van der Waals surface area contributed by atoms with Gasteiger partial charge in [0, 0.05) is 0 Å². The van der Waals surface area contributed by atoms with Crippen molar-refractivity contribution in [1.29, 1.82) is 0 Å². The second kappa shape index (κ2) is 4.21. The van der Waals surface area contributed by atoms with Crippen LogP contribution in [0.3, 0.4) is 0 Å². The molecule has 4 rings (SSSR count). The van der Waals surface area contributed by atoms with Gasteiger partial charge in [0.25, 0.3) is 0 Å². The molecule has 0 radical (unpaired) electrons. The highest BCUT2D eigenvalue weighted by atomic mass is 14.3. The van der Waals surface area contributed by atoms with Crippen molar-refractivity contribution in [3.63, 3.8) is 0 Å². The fourth-order valence-corrected chi connectivity index (χ4v) is 3.71. The Morgan fingerprint density at radius 2 is 1.95 bits per heavy atom. The van der Waals surface area contributed by atoms with E-state index in [0.717, 1.165) is 0 Å². The Balaban J connectivity index is 2.22. The van der Waals surface area contributed by atoms with Crippen LogP contribution < -0.4 is 0 Å². The standard InChI is InChI=1S/C20H18/c1-3-14-12-15-6-4-8-17(15)19-9-5-7-16-13(2)10-11-18(14)20(16)19/h3,5,7,9-12H,1,4,6,8H2,2H3. The summed E-state index contributed by atoms with van der Waals surface area (Å²) < 4.78 is 0. The number of benzene rings is 2. The first-order chi connectivity index (χ1) is 9.79. The highest BCUT2D eigenvalue weighted by Crippen LogP contribution is 2.44. The third-order valence-corrected chi connectivity index (χ3v) is 4.70. The van der Waals surface area contributed by atoms with Gasteiger partial charge in [-0.1, -0.05) is 49.1 Å². The van der Waals surface area contributed by atoms with Gasteiger partial charge in [0.15, 0.2) is 0 Å². The summed E-state index contributed by atoms with van der Waals surface area (Å²) in [4.78, 5) is 0. The molecule has 0 amide bonds. The quantitative estimate of drug-likeness (QED) is 0.618. The van der Waals surface area contributed by atoms with Crippen LogP contribution in [-0.2, 0) is 0 Å². The largest absolute Gasteiger partial charge is 0.0984 e. The van der Waals surface area contributed by atoms with Crippen molar-refractivity contribution >= 4 is 21.9 Å². The molecular weight excluding hydrogens is 240 g/mol. The van der Waals surface area contributed by atoms with Gasteiger partial charge in [-0.05, 0) is 70.4 Å². The van der Waals surface area contributed by atoms with E-state index in [4.69, 9.17) is 0 Å². The van der Waals surface area contributed by atoms with E-state index >= 15 is 0 Å². The van der Waals surface area contributed by atoms with Gasteiger partial charge in [-0.2, -0.15) is 0 Å². The molecule has 0 unspecified atom stereocenters. The van der Waals surface area contributed by atoms with E-state index in [0.29, 0.717) is 0 Å². The first-order valence-corrected chi connectivity index (χ1v) is 7.39. The zero-order valence-corrected chi connectivity index (χ0v) is 11.9. The average Bonchev–Trinajstić information content (AvgIpc) is 2.89. The number of aryl methyl sites for hydroxylation is 1. The van der Waals surface area contributed by atoms with Crippen molar-refractivity contribution in [2.45, 2.75) is 26.2 Å². The Labute approximate surface area is 120 Å². The van der Waals surface area contributed by atoms with Crippen LogP contribution >= 0.6 is 0 Å². The third-order valence-electron chi connectivity index (χ3n) is 4.70. The minimum absolute atomic E-state index is 1.20. The Bertz CT molecular complexity index is 800. The van der Waals surface area contributed by atoms with Crippen LogP contribution in [0.5, 0.6) is 0 Å². The number of allylic oxidation sites excluding steroid dienone is 5. The minimum Gasteiger partial charge on any atom is -0.0984 e. The summed E-state index contributed by atoms with van der Waals surface area (Å²) in [7, 11) is 0. The van der Waals surface area contributed by atoms with Gasteiger partial charge in [0.1, 0.15) is 0 Å². The van der Waals surface area contributed by atoms with E-state index < -0.39 is 0 Å². The van der Waals surface area contributed by atoms with Crippen molar-refractivity contribution in [2.24, 2.45) is 0 Å². The van der Waals surface area contributed by atoms with Crippen molar-refractivity contribution < 1.29 is 0 Å². The Hall–Kier alpha value is -2.08. The predicted molar refractivity (Wildman–Crippen MR) is 87.6 cm³/mol. The zero-order chi connectivity index (χ0) is 13.7. The molecule has 2 aliphatic rings. The highest BCUT2D eigenvalue weighted by molar-refractivity contribution is 6.07. The first kappa shape index (κ1) is 11.7. The maximum Gasteiger partial charge on any atom is -0.00273 e. The van der Waals surface area contributed by atoms with Gasteiger partial charge in [-0.15, -0.1) is 0 Å². The van der Waals surface area contributed by atoms with E-state index in [1.807, 2.05) is 6.08 Å². The van der Waals surface area contributed by atoms with E-state index in [9.17, 15) is 0 Å². The SMILES string of the molecule is C=CC1=CC2=C(CCC2)c2cccc3c(C)ccc1c23. The lowest BCUT2D eigenvalue weighted by Crippen LogP contribution is -1.91. The number of hydrogen-bond acceptors (Lipinski definition) is 0. The summed E-state index contributed by atoms with van der Waals surface area (Å²) in [6.45, 7) is 6.24. The van der Waals surface area contributed by atoms with Gasteiger partial charge in [-0.25, -0.2) is 0 Å². The predicted octanol–water partition coefficient (Wildman–Crippen LogP) is 5.67. The second-order valence-electron chi connectivity index (χ2n) is 5.82. The van der Waals surface area contributed by atoms with Crippen LogP contribution in [0.1, 0.15) is 36.0 Å². The number of fused-ring (bicyclic) bond motifs is 1. The maximum absolute atomic E-state index is 4.03. The normalized spacial score (nSPS) is 16.9. The van der Waals surface area contributed by atoms with E-state index in [2.05, 4.69) is 49.9 Å².